The van der Waals surface area contributed by atoms with Crippen molar-refractivity contribution in [3.8, 4) is 0 Å². The molecular formula is C13H10N2O4. The van der Waals surface area contributed by atoms with E-state index in [-0.39, 0.29) is 16.0 Å². The van der Waals surface area contributed by atoms with Gasteiger partial charge in [0.25, 0.3) is 11.8 Å². The first-order chi connectivity index (χ1) is 11.0. The summed E-state index contributed by atoms with van der Waals surface area (Å²) in [5, 5.41) is 1.53. The summed E-state index contributed by atoms with van der Waals surface area (Å²) < 4.78 is 39.1. The largest absolute Gasteiger partial charge is 0.295 e. The van der Waals surface area contributed by atoms with Gasteiger partial charge in [0.15, 0.2) is 0 Å². The zero-order chi connectivity index (χ0) is 18.1. The van der Waals surface area contributed by atoms with Gasteiger partial charge in [0.1, 0.15) is 6.02 Å². The molecule has 0 radical (unpaired) electrons. The van der Waals surface area contributed by atoms with Gasteiger partial charge in [0.05, 0.1) is 12.5 Å². The zero-order valence-corrected chi connectivity index (χ0v) is 9.39. The fourth-order valence-corrected chi connectivity index (χ4v) is 1.92. The van der Waals surface area contributed by atoms with E-state index in [0.29, 0.717) is 0 Å². The normalized spacial score (nSPS) is 35.6. The van der Waals surface area contributed by atoms with E-state index >= 15 is 0 Å². The molecule has 0 bridgehead atoms. The lowest BCUT2D eigenvalue weighted by atomic mass is 10.0. The average Bonchev–Trinajstić information content (AvgIpc) is 2.77. The minimum Gasteiger partial charge on any atom is -0.295 e. The van der Waals surface area contributed by atoms with Crippen molar-refractivity contribution >= 4 is 23.6 Å². The Morgan fingerprint density at radius 1 is 1.16 bits per heavy atom. The van der Waals surface area contributed by atoms with Crippen molar-refractivity contribution in [2.45, 2.75) is 18.8 Å². The Morgan fingerprint density at radius 2 is 1.74 bits per heavy atom. The summed E-state index contributed by atoms with van der Waals surface area (Å²) in [6.45, 7) is 0. The predicted octanol–water partition coefficient (Wildman–Crippen LogP) is 0.0878. The van der Waals surface area contributed by atoms with Crippen LogP contribution >= 0.6 is 0 Å². The standard InChI is InChI=1S/C13H10N2O4/c16-10-6-5-9(11(17)14-10)15-12(18)7-3-1-2-4-8(7)13(15)19/h1-4,9H,5-6H2,(H,14,16,17)/i5D2,6D2,9D. The lowest BCUT2D eigenvalue weighted by Gasteiger charge is -2.27. The van der Waals surface area contributed by atoms with Gasteiger partial charge in [-0.1, -0.05) is 12.1 Å². The van der Waals surface area contributed by atoms with Gasteiger partial charge >= 0.3 is 0 Å². The molecule has 2 aliphatic heterocycles. The molecule has 0 aromatic heterocycles. The van der Waals surface area contributed by atoms with Crippen molar-refractivity contribution in [3.63, 3.8) is 0 Å². The topological polar surface area (TPSA) is 83.6 Å². The summed E-state index contributed by atoms with van der Waals surface area (Å²) in [5.41, 5.74) is -0.259. The Labute approximate surface area is 115 Å². The first-order valence-electron chi connectivity index (χ1n) is 7.81. The van der Waals surface area contributed by atoms with Crippen LogP contribution in [0.5, 0.6) is 0 Å². The van der Waals surface area contributed by atoms with Crippen LogP contribution in [0.2, 0.25) is 0 Å². The highest BCUT2D eigenvalue weighted by Crippen LogP contribution is 2.26. The molecule has 1 fully saturated rings. The van der Waals surface area contributed by atoms with Gasteiger partial charge in [0, 0.05) is 11.9 Å². The number of benzene rings is 1. The summed E-state index contributed by atoms with van der Waals surface area (Å²) in [6.07, 6.45) is -6.77. The second-order valence-corrected chi connectivity index (χ2v) is 3.87. The maximum atomic E-state index is 12.5. The molecule has 2 heterocycles. The number of carbonyl (C=O) groups is 4. The van der Waals surface area contributed by atoms with E-state index in [1.807, 2.05) is 0 Å². The third kappa shape index (κ3) is 1.64. The van der Waals surface area contributed by atoms with E-state index in [4.69, 9.17) is 6.85 Å². The molecule has 6 nitrogen and oxygen atoms in total. The Kier molecular flexibility index (Phi) is 1.52. The first-order valence-corrected chi connectivity index (χ1v) is 5.31. The van der Waals surface area contributed by atoms with Crippen LogP contribution in [-0.2, 0) is 9.59 Å². The molecule has 0 aliphatic carbocycles. The molecule has 1 aromatic rings. The molecule has 2 aliphatic rings. The number of nitrogens with zero attached hydrogens (tertiary/aromatic N) is 1. The highest BCUT2D eigenvalue weighted by molar-refractivity contribution is 6.23. The van der Waals surface area contributed by atoms with Gasteiger partial charge in [-0.2, -0.15) is 0 Å². The molecule has 19 heavy (non-hydrogen) atoms. The van der Waals surface area contributed by atoms with Gasteiger partial charge in [-0.05, 0) is 18.5 Å². The molecule has 6 heteroatoms. The molecule has 1 saturated heterocycles. The third-order valence-electron chi connectivity index (χ3n) is 2.75. The van der Waals surface area contributed by atoms with Crippen molar-refractivity contribution in [3.05, 3.63) is 35.4 Å². The molecule has 3 rings (SSSR count). The van der Waals surface area contributed by atoms with Crippen molar-refractivity contribution in [1.82, 2.24) is 10.2 Å². The van der Waals surface area contributed by atoms with Crippen LogP contribution in [0.3, 0.4) is 0 Å². The van der Waals surface area contributed by atoms with Crippen LogP contribution in [0.4, 0.5) is 0 Å². The molecule has 1 N–H and O–H groups in total. The number of rotatable bonds is 1. The van der Waals surface area contributed by atoms with Crippen LogP contribution in [0.25, 0.3) is 0 Å². The summed E-state index contributed by atoms with van der Waals surface area (Å²) in [7, 11) is 0. The Morgan fingerprint density at radius 3 is 2.32 bits per heavy atom. The second-order valence-electron chi connectivity index (χ2n) is 3.87. The van der Waals surface area contributed by atoms with E-state index in [1.165, 1.54) is 29.6 Å². The zero-order valence-electron chi connectivity index (χ0n) is 14.4. The maximum Gasteiger partial charge on any atom is 0.262 e. The van der Waals surface area contributed by atoms with Gasteiger partial charge < -0.3 is 0 Å². The fraction of sp³-hybridized carbons (Fsp3) is 0.231. The molecule has 0 spiro atoms. The SMILES string of the molecule is [2H]C1([2H])C(=O)NC(=O)C([2H])(N2C(=O)c3ccccc3C2=O)C1([2H])[2H]. The predicted molar refractivity (Wildman–Crippen MR) is 63.1 cm³/mol. The molecule has 96 valence electrons. The van der Waals surface area contributed by atoms with E-state index in [9.17, 15) is 19.2 Å². The van der Waals surface area contributed by atoms with Gasteiger partial charge in [-0.15, -0.1) is 0 Å². The smallest absolute Gasteiger partial charge is 0.262 e. The molecule has 0 saturated carbocycles. The monoisotopic (exact) mass is 263 g/mol. The second kappa shape index (κ2) is 4.01. The van der Waals surface area contributed by atoms with E-state index < -0.39 is 42.4 Å². The Hall–Kier alpha value is -2.50. The van der Waals surface area contributed by atoms with Crippen LogP contribution in [0.1, 0.15) is 40.3 Å². The van der Waals surface area contributed by atoms with Crippen molar-refractivity contribution in [2.75, 3.05) is 0 Å². The van der Waals surface area contributed by atoms with E-state index in [2.05, 4.69) is 0 Å². The lowest BCUT2D eigenvalue weighted by Crippen LogP contribution is -2.54. The van der Waals surface area contributed by atoms with Gasteiger partial charge in [-0.25, -0.2) is 0 Å². The number of hydrogen-bond acceptors (Lipinski definition) is 4. The van der Waals surface area contributed by atoms with Crippen LogP contribution in [0, 0.1) is 0 Å². The van der Waals surface area contributed by atoms with E-state index in [0.717, 1.165) is 0 Å². The summed E-state index contributed by atoms with van der Waals surface area (Å²) in [6, 6.07) is 2.16. The Balaban J connectivity index is 2.21. The minimum absolute atomic E-state index is 0.0667. The summed E-state index contributed by atoms with van der Waals surface area (Å²) in [4.78, 5) is 48.8. The van der Waals surface area contributed by atoms with Crippen LogP contribution < -0.4 is 5.32 Å². The molecule has 1 aromatic carbocycles. The number of nitrogens with one attached hydrogen (secondary N) is 1. The lowest BCUT2D eigenvalue weighted by molar-refractivity contribution is -0.136. The van der Waals surface area contributed by atoms with Crippen molar-refractivity contribution in [2.24, 2.45) is 0 Å². The Bertz CT molecular complexity index is 789. The van der Waals surface area contributed by atoms with Gasteiger partial charge in [0.2, 0.25) is 11.8 Å². The number of piperidine rings is 1. The van der Waals surface area contributed by atoms with Crippen LogP contribution in [0.15, 0.2) is 24.3 Å². The quantitative estimate of drug-likeness (QED) is 0.728. The van der Waals surface area contributed by atoms with Crippen LogP contribution in [-0.4, -0.2) is 34.5 Å². The third-order valence-corrected chi connectivity index (χ3v) is 2.75. The first kappa shape index (κ1) is 7.18. The van der Waals surface area contributed by atoms with Gasteiger partial charge in [-0.3, -0.25) is 29.4 Å². The number of hydrogen-bond donors (Lipinski definition) is 1. The van der Waals surface area contributed by atoms with Crippen molar-refractivity contribution in [1.29, 1.82) is 0 Å². The molecule has 4 amide bonds. The minimum atomic E-state index is -3.47. The summed E-state index contributed by atoms with van der Waals surface area (Å²) in [5.74, 6) is -5.36. The number of amides is 4. The summed E-state index contributed by atoms with van der Waals surface area (Å²) >= 11 is 0. The van der Waals surface area contributed by atoms with Crippen molar-refractivity contribution < 1.29 is 26.0 Å². The highest BCUT2D eigenvalue weighted by Gasteiger charge is 2.44. The van der Waals surface area contributed by atoms with E-state index in [1.54, 1.807) is 0 Å². The fourth-order valence-electron chi connectivity index (χ4n) is 1.92. The molecular weight excluding hydrogens is 248 g/mol. The number of imide groups is 2. The number of carbonyl (C=O) groups excluding carboxylic acids is 4. The molecule has 1 atom stereocenters. The molecule has 1 unspecified atom stereocenters. The number of fused-ring (bicyclic) bond motifs is 1. The highest BCUT2D eigenvalue weighted by atomic mass is 16.2. The maximum absolute atomic E-state index is 12.5. The average molecular weight is 263 g/mol.